The minimum Gasteiger partial charge on any atom is -0.508 e. The van der Waals surface area contributed by atoms with Crippen molar-refractivity contribution in [2.45, 2.75) is 38.3 Å². The van der Waals surface area contributed by atoms with Crippen molar-refractivity contribution in [3.63, 3.8) is 0 Å². The Morgan fingerprint density at radius 1 is 1.08 bits per heavy atom. The highest BCUT2D eigenvalue weighted by molar-refractivity contribution is 6.20. The summed E-state index contributed by atoms with van der Waals surface area (Å²) < 4.78 is 13.6. The number of Topliss-reactive ketones (excluding diaryl/α,β-unsaturated/α-hetero) is 2. The van der Waals surface area contributed by atoms with Gasteiger partial charge in [-0.1, -0.05) is 12.1 Å². The van der Waals surface area contributed by atoms with Crippen LogP contribution in [0.4, 0.5) is 4.39 Å². The Labute approximate surface area is 211 Å². The van der Waals surface area contributed by atoms with Gasteiger partial charge in [-0.15, -0.1) is 0 Å². The number of carbonyl (C=O) groups is 3. The van der Waals surface area contributed by atoms with Gasteiger partial charge >= 0.3 is 0 Å². The average molecular weight is 511 g/mol. The lowest BCUT2D eigenvalue weighted by molar-refractivity contribution is -0.128. The lowest BCUT2D eigenvalue weighted by atomic mass is 9.62. The number of allylic oxidation sites excluding steroid dienone is 1. The van der Waals surface area contributed by atoms with E-state index in [1.165, 1.54) is 25.1 Å². The molecule has 9 nitrogen and oxygen atoms in total. The Morgan fingerprint density at radius 2 is 1.73 bits per heavy atom. The Bertz CT molecular complexity index is 1380. The fourth-order valence-electron chi connectivity index (χ4n) is 5.47. The Kier molecular flexibility index (Phi) is 6.66. The number of phenols is 1. The number of phenolic OH excluding ortho intramolecular Hbond substituents is 1. The second kappa shape index (κ2) is 9.45. The van der Waals surface area contributed by atoms with E-state index >= 15 is 0 Å². The minimum atomic E-state index is -2.53. The molecular formula is C27H27FN2O7. The summed E-state index contributed by atoms with van der Waals surface area (Å²) in [6, 6.07) is 8.80. The molecule has 10 heteroatoms. The molecule has 37 heavy (non-hydrogen) atoms. The highest BCUT2D eigenvalue weighted by Gasteiger charge is 2.57. The second-order valence-electron chi connectivity index (χ2n) is 9.48. The van der Waals surface area contributed by atoms with Gasteiger partial charge in [0.25, 0.3) is 5.91 Å². The van der Waals surface area contributed by atoms with Crippen LogP contribution in [0.15, 0.2) is 59.1 Å². The number of rotatable bonds is 6. The van der Waals surface area contributed by atoms with Crippen LogP contribution in [-0.4, -0.2) is 43.5 Å². The van der Waals surface area contributed by atoms with Crippen molar-refractivity contribution >= 4 is 17.5 Å². The molecule has 4 rings (SSSR count). The van der Waals surface area contributed by atoms with Crippen molar-refractivity contribution in [3.8, 4) is 16.9 Å². The molecule has 0 radical (unpaired) electrons. The first kappa shape index (κ1) is 26.1. The summed E-state index contributed by atoms with van der Waals surface area (Å²) in [5.41, 5.74) is 9.66. The molecule has 0 aromatic heterocycles. The second-order valence-corrected chi connectivity index (χ2v) is 9.48. The molecule has 2 aromatic carbocycles. The lowest BCUT2D eigenvalue weighted by Gasteiger charge is -2.45. The number of fused-ring (bicyclic) bond motifs is 1. The van der Waals surface area contributed by atoms with Gasteiger partial charge in [0.05, 0.1) is 0 Å². The third kappa shape index (κ3) is 4.28. The zero-order valence-electron chi connectivity index (χ0n) is 20.0. The van der Waals surface area contributed by atoms with E-state index in [2.05, 4.69) is 0 Å². The van der Waals surface area contributed by atoms with Gasteiger partial charge in [0.2, 0.25) is 0 Å². The van der Waals surface area contributed by atoms with Crippen molar-refractivity contribution in [1.29, 1.82) is 0 Å². The van der Waals surface area contributed by atoms with Crippen LogP contribution in [0.2, 0.25) is 0 Å². The van der Waals surface area contributed by atoms with Gasteiger partial charge in [-0.2, -0.15) is 0 Å². The zero-order chi connectivity index (χ0) is 27.2. The number of aromatic hydroxyl groups is 1. The van der Waals surface area contributed by atoms with Gasteiger partial charge in [-0.25, -0.2) is 4.39 Å². The van der Waals surface area contributed by atoms with Crippen molar-refractivity contribution in [2.75, 3.05) is 0 Å². The number of ketones is 2. The summed E-state index contributed by atoms with van der Waals surface area (Å²) >= 11 is 0. The van der Waals surface area contributed by atoms with Gasteiger partial charge in [-0.3, -0.25) is 14.4 Å². The topological polar surface area (TPSA) is 184 Å². The SMILES string of the molecule is CC(=O)C1=C(O)[C@]2(O)C(O)=C(C(N)=O)C(=O)C[C@@H]2C[C@@H]1Cc1cc(O)c(CN)cc1-c1ccc(F)cc1. The molecule has 2 aliphatic rings. The first-order chi connectivity index (χ1) is 17.4. The molecule has 0 bridgehead atoms. The monoisotopic (exact) mass is 510 g/mol. The maximum Gasteiger partial charge on any atom is 0.255 e. The van der Waals surface area contributed by atoms with Crippen LogP contribution in [-0.2, 0) is 27.3 Å². The van der Waals surface area contributed by atoms with Crippen LogP contribution in [0, 0.1) is 17.7 Å². The van der Waals surface area contributed by atoms with E-state index in [1.54, 1.807) is 18.2 Å². The Morgan fingerprint density at radius 3 is 2.30 bits per heavy atom. The van der Waals surface area contributed by atoms with Crippen molar-refractivity contribution in [3.05, 3.63) is 76.0 Å². The maximum atomic E-state index is 13.6. The molecule has 194 valence electrons. The molecule has 2 aliphatic carbocycles. The number of hydrogen-bond acceptors (Lipinski definition) is 8. The van der Waals surface area contributed by atoms with Gasteiger partial charge in [0.1, 0.15) is 28.7 Å². The van der Waals surface area contributed by atoms with E-state index in [4.69, 9.17) is 11.5 Å². The molecule has 0 fully saturated rings. The Balaban J connectivity index is 1.86. The van der Waals surface area contributed by atoms with E-state index in [0.717, 1.165) is 0 Å². The van der Waals surface area contributed by atoms with Crippen molar-refractivity contribution < 1.29 is 39.2 Å². The van der Waals surface area contributed by atoms with Gasteiger partial charge < -0.3 is 31.9 Å². The molecule has 1 amide bonds. The number of hydrogen-bond donors (Lipinski definition) is 6. The normalized spacial score (nSPS) is 23.7. The van der Waals surface area contributed by atoms with Crippen molar-refractivity contribution in [2.24, 2.45) is 23.3 Å². The quantitative estimate of drug-likeness (QED) is 0.320. The maximum absolute atomic E-state index is 13.6. The van der Waals surface area contributed by atoms with Crippen LogP contribution in [0.25, 0.3) is 11.1 Å². The number of primary amides is 1. The van der Waals surface area contributed by atoms with Crippen LogP contribution < -0.4 is 11.5 Å². The largest absolute Gasteiger partial charge is 0.508 e. The van der Waals surface area contributed by atoms with E-state index in [-0.39, 0.29) is 30.7 Å². The molecule has 8 N–H and O–H groups in total. The predicted molar refractivity (Wildman–Crippen MR) is 130 cm³/mol. The summed E-state index contributed by atoms with van der Waals surface area (Å²) in [4.78, 5) is 37.0. The standard InChI is InChI=1S/C27H27FN2O7/c1-12(31)22-15(7-17-10-21(33)23(26(30)36)25(35)27(17,37)24(22)34)6-14-9-20(32)16(11-29)8-19(14)13-2-4-18(28)5-3-13/h2-5,8-9,15,17,32,34-35,37H,6-7,10-11,29H2,1H3,(H2,30,36)/t15-,17-,27-/m0/s1. The first-order valence-electron chi connectivity index (χ1n) is 11.6. The number of halogens is 1. The predicted octanol–water partition coefficient (Wildman–Crippen LogP) is 2.24. The third-order valence-electron chi connectivity index (χ3n) is 7.26. The molecule has 3 atom stereocenters. The molecule has 0 aliphatic heterocycles. The smallest absolute Gasteiger partial charge is 0.255 e. The fraction of sp³-hybridized carbons (Fsp3) is 0.296. The van der Waals surface area contributed by atoms with Gasteiger partial charge in [-0.05, 0) is 66.6 Å². The molecule has 0 saturated carbocycles. The van der Waals surface area contributed by atoms with Crippen LogP contribution in [0.5, 0.6) is 5.75 Å². The summed E-state index contributed by atoms with van der Waals surface area (Å²) in [5.74, 6) is -6.88. The molecule has 2 aromatic rings. The van der Waals surface area contributed by atoms with E-state index in [1.807, 2.05) is 0 Å². The average Bonchev–Trinajstić information content (AvgIpc) is 2.82. The summed E-state index contributed by atoms with van der Waals surface area (Å²) in [7, 11) is 0. The summed E-state index contributed by atoms with van der Waals surface area (Å²) in [5, 5.41) is 43.6. The van der Waals surface area contributed by atoms with Crippen LogP contribution >= 0.6 is 0 Å². The first-order valence-corrected chi connectivity index (χ1v) is 11.6. The van der Waals surface area contributed by atoms with E-state index in [9.17, 15) is 39.2 Å². The summed E-state index contributed by atoms with van der Waals surface area (Å²) in [6.07, 6.45) is -0.329. The molecular weight excluding hydrogens is 483 g/mol. The number of aliphatic hydroxyl groups excluding tert-OH is 2. The lowest BCUT2D eigenvalue weighted by Crippen LogP contribution is -2.53. The van der Waals surface area contributed by atoms with E-state index < -0.39 is 64.2 Å². The van der Waals surface area contributed by atoms with Crippen LogP contribution in [0.1, 0.15) is 30.9 Å². The number of amides is 1. The minimum absolute atomic E-state index is 0.0143. The Hall–Kier alpha value is -4.02. The molecule has 0 spiro atoms. The van der Waals surface area contributed by atoms with Gasteiger partial charge in [0.15, 0.2) is 17.2 Å². The number of benzene rings is 2. The third-order valence-corrected chi connectivity index (χ3v) is 7.26. The van der Waals surface area contributed by atoms with E-state index in [0.29, 0.717) is 22.3 Å². The van der Waals surface area contributed by atoms with Crippen molar-refractivity contribution in [1.82, 2.24) is 0 Å². The molecule has 0 unspecified atom stereocenters. The molecule has 0 saturated heterocycles. The fourth-order valence-corrected chi connectivity index (χ4v) is 5.47. The van der Waals surface area contributed by atoms with Gasteiger partial charge in [0, 0.05) is 30.0 Å². The summed E-state index contributed by atoms with van der Waals surface area (Å²) in [6.45, 7) is 1.22. The number of aliphatic hydroxyl groups is 3. The molecule has 0 heterocycles. The zero-order valence-corrected chi connectivity index (χ0v) is 20.0. The number of nitrogens with two attached hydrogens (primary N) is 2. The highest BCUT2D eigenvalue weighted by atomic mass is 19.1. The van der Waals surface area contributed by atoms with Crippen LogP contribution in [0.3, 0.4) is 0 Å². The highest BCUT2D eigenvalue weighted by Crippen LogP contribution is 2.50. The number of carbonyl (C=O) groups excluding carboxylic acids is 3.